The average Bonchev–Trinajstić information content (AvgIpc) is 2.41. The van der Waals surface area contributed by atoms with Gasteiger partial charge < -0.3 is 15.3 Å². The third-order valence-corrected chi connectivity index (χ3v) is 3.59. The van der Waals surface area contributed by atoms with Crippen LogP contribution in [-0.2, 0) is 6.54 Å². The molecule has 0 amide bonds. The Morgan fingerprint density at radius 3 is 2.74 bits per heavy atom. The van der Waals surface area contributed by atoms with Gasteiger partial charge >= 0.3 is 0 Å². The van der Waals surface area contributed by atoms with E-state index in [0.29, 0.717) is 12.1 Å². The zero-order valence-corrected chi connectivity index (χ0v) is 11.4. The summed E-state index contributed by atoms with van der Waals surface area (Å²) in [4.78, 5) is 4.74. The highest BCUT2D eigenvalue weighted by atomic mass is 19.1. The van der Waals surface area contributed by atoms with Crippen molar-refractivity contribution in [3.8, 4) is 5.75 Å². The van der Waals surface area contributed by atoms with Crippen LogP contribution < -0.4 is 5.32 Å². The van der Waals surface area contributed by atoms with Gasteiger partial charge in [-0.05, 0) is 13.1 Å². The molecule has 2 N–H and O–H groups in total. The van der Waals surface area contributed by atoms with Gasteiger partial charge in [0, 0.05) is 51.4 Å². The van der Waals surface area contributed by atoms with Gasteiger partial charge in [-0.1, -0.05) is 12.1 Å². The zero-order chi connectivity index (χ0) is 13.7. The standard InChI is InChI=1S/C14H22FN3O/c1-17-7-9-18(10-8-17)6-5-16-11-12-3-2-4-13(15)14(12)19/h2-4,16,19H,5-11H2,1H3. The normalized spacial score (nSPS) is 17.8. The summed E-state index contributed by atoms with van der Waals surface area (Å²) < 4.78 is 13.1. The smallest absolute Gasteiger partial charge is 0.165 e. The Morgan fingerprint density at radius 1 is 1.26 bits per heavy atom. The predicted molar refractivity (Wildman–Crippen MR) is 73.7 cm³/mol. The fourth-order valence-corrected chi connectivity index (χ4v) is 2.23. The fraction of sp³-hybridized carbons (Fsp3) is 0.571. The van der Waals surface area contributed by atoms with Gasteiger partial charge in [-0.15, -0.1) is 0 Å². The molecule has 0 bridgehead atoms. The van der Waals surface area contributed by atoms with E-state index < -0.39 is 5.82 Å². The molecule has 0 spiro atoms. The number of piperazine rings is 1. The van der Waals surface area contributed by atoms with Crippen LogP contribution in [0, 0.1) is 5.82 Å². The molecule has 106 valence electrons. The van der Waals surface area contributed by atoms with Crippen LogP contribution in [0.15, 0.2) is 18.2 Å². The summed E-state index contributed by atoms with van der Waals surface area (Å²) >= 11 is 0. The number of likely N-dealkylation sites (N-methyl/N-ethyl adjacent to an activating group) is 1. The number of hydrogen-bond acceptors (Lipinski definition) is 4. The number of nitrogens with zero attached hydrogens (tertiary/aromatic N) is 2. The van der Waals surface area contributed by atoms with E-state index >= 15 is 0 Å². The lowest BCUT2D eigenvalue weighted by molar-refractivity contribution is 0.154. The van der Waals surface area contributed by atoms with Gasteiger partial charge in [0.25, 0.3) is 0 Å². The van der Waals surface area contributed by atoms with Crippen LogP contribution in [0.5, 0.6) is 5.75 Å². The molecule has 1 saturated heterocycles. The van der Waals surface area contributed by atoms with Crippen LogP contribution >= 0.6 is 0 Å². The first kappa shape index (κ1) is 14.2. The van der Waals surface area contributed by atoms with Gasteiger partial charge in [-0.25, -0.2) is 4.39 Å². The van der Waals surface area contributed by atoms with Gasteiger partial charge in [0.15, 0.2) is 11.6 Å². The van der Waals surface area contributed by atoms with E-state index in [4.69, 9.17) is 0 Å². The maximum Gasteiger partial charge on any atom is 0.165 e. The molecule has 1 aromatic rings. The van der Waals surface area contributed by atoms with Crippen molar-refractivity contribution < 1.29 is 9.50 Å². The number of hydrogen-bond donors (Lipinski definition) is 2. The maximum atomic E-state index is 13.1. The number of benzene rings is 1. The lowest BCUT2D eigenvalue weighted by Gasteiger charge is -2.32. The van der Waals surface area contributed by atoms with Gasteiger partial charge in [0.1, 0.15) is 0 Å². The molecule has 0 atom stereocenters. The van der Waals surface area contributed by atoms with Gasteiger partial charge in [-0.3, -0.25) is 4.90 Å². The minimum Gasteiger partial charge on any atom is -0.505 e. The number of aromatic hydroxyl groups is 1. The Hall–Kier alpha value is -1.17. The van der Waals surface area contributed by atoms with Crippen molar-refractivity contribution in [2.45, 2.75) is 6.54 Å². The Labute approximate surface area is 113 Å². The van der Waals surface area contributed by atoms with Crippen LogP contribution in [0.1, 0.15) is 5.56 Å². The van der Waals surface area contributed by atoms with E-state index in [0.717, 1.165) is 39.3 Å². The van der Waals surface area contributed by atoms with E-state index in [2.05, 4.69) is 22.2 Å². The Kier molecular flexibility index (Phi) is 5.13. The summed E-state index contributed by atoms with van der Waals surface area (Å²) in [5, 5.41) is 12.8. The monoisotopic (exact) mass is 267 g/mol. The van der Waals surface area contributed by atoms with Gasteiger partial charge in [0.2, 0.25) is 0 Å². The molecule has 0 aromatic heterocycles. The van der Waals surface area contributed by atoms with Crippen LogP contribution in [0.3, 0.4) is 0 Å². The lowest BCUT2D eigenvalue weighted by Crippen LogP contribution is -2.46. The fourth-order valence-electron chi connectivity index (χ4n) is 2.23. The molecule has 19 heavy (non-hydrogen) atoms. The molecular weight excluding hydrogens is 245 g/mol. The molecule has 4 nitrogen and oxygen atoms in total. The first-order valence-electron chi connectivity index (χ1n) is 6.75. The summed E-state index contributed by atoms with van der Waals surface area (Å²) in [5.74, 6) is -0.798. The van der Waals surface area contributed by atoms with Crippen LogP contribution in [0.4, 0.5) is 4.39 Å². The second-order valence-electron chi connectivity index (χ2n) is 5.07. The molecule has 1 fully saturated rings. The molecule has 1 heterocycles. The molecule has 0 radical (unpaired) electrons. The molecule has 1 aromatic carbocycles. The quantitative estimate of drug-likeness (QED) is 0.777. The maximum absolute atomic E-state index is 13.1. The van der Waals surface area contributed by atoms with Crippen molar-refractivity contribution in [2.75, 3.05) is 46.3 Å². The summed E-state index contributed by atoms with van der Waals surface area (Å²) in [5.41, 5.74) is 0.610. The number of para-hydroxylation sites is 1. The molecule has 5 heteroatoms. The Balaban J connectivity index is 1.68. The zero-order valence-electron chi connectivity index (χ0n) is 11.4. The molecule has 1 aliphatic heterocycles. The Morgan fingerprint density at radius 2 is 2.00 bits per heavy atom. The van der Waals surface area contributed by atoms with E-state index in [1.54, 1.807) is 12.1 Å². The molecule has 2 rings (SSSR count). The van der Waals surface area contributed by atoms with E-state index in [1.165, 1.54) is 6.07 Å². The highest BCUT2D eigenvalue weighted by molar-refractivity contribution is 5.33. The van der Waals surface area contributed by atoms with Crippen molar-refractivity contribution in [1.82, 2.24) is 15.1 Å². The van der Waals surface area contributed by atoms with Crippen molar-refractivity contribution in [1.29, 1.82) is 0 Å². The predicted octanol–water partition coefficient (Wildman–Crippen LogP) is 0.868. The summed E-state index contributed by atoms with van der Waals surface area (Å²) in [7, 11) is 2.14. The topological polar surface area (TPSA) is 38.7 Å². The number of nitrogens with one attached hydrogen (secondary N) is 1. The minimum absolute atomic E-state index is 0.241. The molecular formula is C14H22FN3O. The highest BCUT2D eigenvalue weighted by Crippen LogP contribution is 2.20. The third-order valence-electron chi connectivity index (χ3n) is 3.59. The van der Waals surface area contributed by atoms with Crippen molar-refractivity contribution in [2.24, 2.45) is 0 Å². The largest absolute Gasteiger partial charge is 0.505 e. The Bertz CT molecular complexity index is 406. The first-order chi connectivity index (χ1) is 9.16. The number of rotatable bonds is 5. The molecule has 0 unspecified atom stereocenters. The van der Waals surface area contributed by atoms with Crippen molar-refractivity contribution >= 4 is 0 Å². The molecule has 1 aliphatic rings. The average molecular weight is 267 g/mol. The van der Waals surface area contributed by atoms with Crippen molar-refractivity contribution in [3.63, 3.8) is 0 Å². The summed E-state index contributed by atoms with van der Waals surface area (Å²) in [6.45, 7) is 6.77. The summed E-state index contributed by atoms with van der Waals surface area (Å²) in [6.07, 6.45) is 0. The van der Waals surface area contributed by atoms with E-state index in [-0.39, 0.29) is 5.75 Å². The minimum atomic E-state index is -0.557. The lowest BCUT2D eigenvalue weighted by atomic mass is 10.2. The summed E-state index contributed by atoms with van der Waals surface area (Å²) in [6, 6.07) is 4.62. The molecule has 0 saturated carbocycles. The third kappa shape index (κ3) is 4.16. The van der Waals surface area contributed by atoms with Gasteiger partial charge in [-0.2, -0.15) is 0 Å². The van der Waals surface area contributed by atoms with Crippen LogP contribution in [0.25, 0.3) is 0 Å². The number of halogens is 1. The van der Waals surface area contributed by atoms with Crippen LogP contribution in [-0.4, -0.2) is 61.2 Å². The molecule has 0 aliphatic carbocycles. The first-order valence-corrected chi connectivity index (χ1v) is 6.75. The highest BCUT2D eigenvalue weighted by Gasteiger charge is 2.12. The van der Waals surface area contributed by atoms with E-state index in [1.807, 2.05) is 0 Å². The van der Waals surface area contributed by atoms with E-state index in [9.17, 15) is 9.50 Å². The van der Waals surface area contributed by atoms with Crippen LogP contribution in [0.2, 0.25) is 0 Å². The van der Waals surface area contributed by atoms with Gasteiger partial charge in [0.05, 0.1) is 0 Å². The number of phenols is 1. The second-order valence-corrected chi connectivity index (χ2v) is 5.07. The van der Waals surface area contributed by atoms with Crippen molar-refractivity contribution in [3.05, 3.63) is 29.6 Å². The SMILES string of the molecule is CN1CCN(CCNCc2cccc(F)c2O)CC1. The second kappa shape index (κ2) is 6.84. The number of phenolic OH excluding ortho intramolecular Hbond substituents is 1.